The SMILES string of the molecule is CCC1(c2ccc(C)cc2)OCC(CCl)O1. The molecule has 1 aromatic carbocycles. The Labute approximate surface area is 102 Å². The minimum absolute atomic E-state index is 0.00270. The van der Waals surface area contributed by atoms with Gasteiger partial charge in [0.05, 0.1) is 18.6 Å². The van der Waals surface area contributed by atoms with Crippen molar-refractivity contribution in [1.29, 1.82) is 0 Å². The van der Waals surface area contributed by atoms with Crippen molar-refractivity contribution in [3.05, 3.63) is 35.4 Å². The van der Waals surface area contributed by atoms with E-state index in [9.17, 15) is 0 Å². The van der Waals surface area contributed by atoms with E-state index in [0.29, 0.717) is 12.5 Å². The summed E-state index contributed by atoms with van der Waals surface area (Å²) in [5.41, 5.74) is 2.31. The maximum absolute atomic E-state index is 5.92. The van der Waals surface area contributed by atoms with Crippen LogP contribution in [0.4, 0.5) is 0 Å². The Morgan fingerprint density at radius 3 is 2.56 bits per heavy atom. The standard InChI is InChI=1S/C13H17ClO2/c1-3-13(15-9-12(8-14)16-13)11-6-4-10(2)5-7-11/h4-7,12H,3,8-9H2,1-2H3. The maximum Gasteiger partial charge on any atom is 0.195 e. The van der Waals surface area contributed by atoms with Gasteiger partial charge in [-0.25, -0.2) is 0 Å². The Kier molecular flexibility index (Phi) is 3.53. The third-order valence-corrected chi connectivity index (χ3v) is 3.33. The third kappa shape index (κ3) is 2.10. The molecule has 0 radical (unpaired) electrons. The summed E-state index contributed by atoms with van der Waals surface area (Å²) in [6, 6.07) is 8.28. The van der Waals surface area contributed by atoms with E-state index in [1.165, 1.54) is 5.56 Å². The molecule has 3 heteroatoms. The van der Waals surface area contributed by atoms with Crippen molar-refractivity contribution < 1.29 is 9.47 Å². The second kappa shape index (κ2) is 4.74. The number of alkyl halides is 1. The molecule has 0 spiro atoms. The molecule has 1 aliphatic heterocycles. The zero-order valence-corrected chi connectivity index (χ0v) is 10.5. The molecule has 1 aliphatic rings. The second-order valence-electron chi connectivity index (χ2n) is 4.18. The monoisotopic (exact) mass is 240 g/mol. The lowest BCUT2D eigenvalue weighted by molar-refractivity contribution is -0.176. The van der Waals surface area contributed by atoms with Crippen LogP contribution in [0.1, 0.15) is 24.5 Å². The summed E-state index contributed by atoms with van der Waals surface area (Å²) in [7, 11) is 0. The van der Waals surface area contributed by atoms with Crippen LogP contribution in [-0.4, -0.2) is 18.6 Å². The van der Waals surface area contributed by atoms with E-state index in [1.54, 1.807) is 0 Å². The molecule has 88 valence electrons. The van der Waals surface area contributed by atoms with Crippen LogP contribution in [-0.2, 0) is 15.3 Å². The largest absolute Gasteiger partial charge is 0.343 e. The molecule has 0 bridgehead atoms. The van der Waals surface area contributed by atoms with E-state index in [4.69, 9.17) is 21.1 Å². The Bertz CT molecular complexity index is 349. The summed E-state index contributed by atoms with van der Waals surface area (Å²) >= 11 is 5.80. The zero-order chi connectivity index (χ0) is 11.6. The van der Waals surface area contributed by atoms with Crippen LogP contribution in [0.2, 0.25) is 0 Å². The number of aryl methyl sites for hydroxylation is 1. The van der Waals surface area contributed by atoms with Gasteiger partial charge in [-0.15, -0.1) is 11.6 Å². The fourth-order valence-electron chi connectivity index (χ4n) is 1.99. The summed E-state index contributed by atoms with van der Waals surface area (Å²) < 4.78 is 11.7. The molecule has 0 saturated carbocycles. The van der Waals surface area contributed by atoms with Gasteiger partial charge in [0.1, 0.15) is 0 Å². The zero-order valence-electron chi connectivity index (χ0n) is 9.70. The van der Waals surface area contributed by atoms with Crippen LogP contribution in [0.25, 0.3) is 0 Å². The lowest BCUT2D eigenvalue weighted by Crippen LogP contribution is -2.27. The first-order valence-electron chi connectivity index (χ1n) is 5.65. The minimum atomic E-state index is -0.590. The minimum Gasteiger partial charge on any atom is -0.343 e. The lowest BCUT2D eigenvalue weighted by atomic mass is 10.0. The van der Waals surface area contributed by atoms with Gasteiger partial charge in [0.2, 0.25) is 0 Å². The Morgan fingerprint density at radius 2 is 2.06 bits per heavy atom. The van der Waals surface area contributed by atoms with Crippen LogP contribution in [0.5, 0.6) is 0 Å². The Hall–Kier alpha value is -0.570. The van der Waals surface area contributed by atoms with Gasteiger partial charge in [-0.05, 0) is 6.92 Å². The highest BCUT2D eigenvalue weighted by atomic mass is 35.5. The van der Waals surface area contributed by atoms with Gasteiger partial charge in [0, 0.05) is 12.0 Å². The molecule has 2 nitrogen and oxygen atoms in total. The lowest BCUT2D eigenvalue weighted by Gasteiger charge is -2.27. The second-order valence-corrected chi connectivity index (χ2v) is 4.49. The highest BCUT2D eigenvalue weighted by Crippen LogP contribution is 2.37. The summed E-state index contributed by atoms with van der Waals surface area (Å²) in [6.07, 6.45) is 0.798. The fraction of sp³-hybridized carbons (Fsp3) is 0.538. The van der Waals surface area contributed by atoms with Crippen LogP contribution < -0.4 is 0 Å². The first kappa shape index (κ1) is 11.9. The van der Waals surface area contributed by atoms with Gasteiger partial charge in [0.15, 0.2) is 5.79 Å². The van der Waals surface area contributed by atoms with Crippen molar-refractivity contribution >= 4 is 11.6 Å². The predicted octanol–water partition coefficient (Wildman–Crippen LogP) is 3.21. The van der Waals surface area contributed by atoms with Crippen molar-refractivity contribution in [1.82, 2.24) is 0 Å². The first-order valence-corrected chi connectivity index (χ1v) is 6.18. The summed E-state index contributed by atoms with van der Waals surface area (Å²) in [6.45, 7) is 4.71. The molecule has 0 aromatic heterocycles. The van der Waals surface area contributed by atoms with E-state index in [-0.39, 0.29) is 6.10 Å². The van der Waals surface area contributed by atoms with Gasteiger partial charge < -0.3 is 9.47 Å². The van der Waals surface area contributed by atoms with Gasteiger partial charge in [-0.2, -0.15) is 0 Å². The van der Waals surface area contributed by atoms with E-state index in [2.05, 4.69) is 38.1 Å². The van der Waals surface area contributed by atoms with E-state index >= 15 is 0 Å². The smallest absolute Gasteiger partial charge is 0.195 e. The van der Waals surface area contributed by atoms with Crippen LogP contribution in [0.3, 0.4) is 0 Å². The normalized spacial score (nSPS) is 29.6. The molecular weight excluding hydrogens is 224 g/mol. The number of halogens is 1. The molecule has 1 heterocycles. The quantitative estimate of drug-likeness (QED) is 0.756. The van der Waals surface area contributed by atoms with Crippen LogP contribution in [0.15, 0.2) is 24.3 Å². The number of hydrogen-bond acceptors (Lipinski definition) is 2. The molecule has 2 atom stereocenters. The van der Waals surface area contributed by atoms with Crippen molar-refractivity contribution in [2.75, 3.05) is 12.5 Å². The summed E-state index contributed by atoms with van der Waals surface area (Å²) in [5.74, 6) is -0.110. The van der Waals surface area contributed by atoms with Crippen molar-refractivity contribution in [3.8, 4) is 0 Å². The van der Waals surface area contributed by atoms with Gasteiger partial charge in [-0.1, -0.05) is 36.8 Å². The van der Waals surface area contributed by atoms with Crippen molar-refractivity contribution in [3.63, 3.8) is 0 Å². The van der Waals surface area contributed by atoms with E-state index < -0.39 is 5.79 Å². The van der Waals surface area contributed by atoms with E-state index in [0.717, 1.165) is 12.0 Å². The highest BCUT2D eigenvalue weighted by Gasteiger charge is 2.41. The van der Waals surface area contributed by atoms with Crippen molar-refractivity contribution in [2.45, 2.75) is 32.2 Å². The number of ether oxygens (including phenoxy) is 2. The van der Waals surface area contributed by atoms with Crippen LogP contribution >= 0.6 is 11.6 Å². The Morgan fingerprint density at radius 1 is 1.38 bits per heavy atom. The number of hydrogen-bond donors (Lipinski definition) is 0. The highest BCUT2D eigenvalue weighted by molar-refractivity contribution is 6.18. The molecule has 1 fully saturated rings. The Balaban J connectivity index is 2.25. The van der Waals surface area contributed by atoms with Crippen LogP contribution in [0, 0.1) is 6.92 Å². The molecule has 16 heavy (non-hydrogen) atoms. The number of benzene rings is 1. The first-order chi connectivity index (χ1) is 7.70. The molecule has 0 N–H and O–H groups in total. The molecule has 0 amide bonds. The van der Waals surface area contributed by atoms with Gasteiger partial charge in [0.25, 0.3) is 0 Å². The molecule has 0 aliphatic carbocycles. The molecular formula is C13H17ClO2. The van der Waals surface area contributed by atoms with Gasteiger partial charge in [-0.3, -0.25) is 0 Å². The predicted molar refractivity (Wildman–Crippen MR) is 64.7 cm³/mol. The average molecular weight is 241 g/mol. The van der Waals surface area contributed by atoms with Gasteiger partial charge >= 0.3 is 0 Å². The third-order valence-electron chi connectivity index (χ3n) is 2.99. The summed E-state index contributed by atoms with van der Waals surface area (Å²) in [4.78, 5) is 0. The maximum atomic E-state index is 5.92. The summed E-state index contributed by atoms with van der Waals surface area (Å²) in [5, 5.41) is 0. The fourth-order valence-corrected chi connectivity index (χ4v) is 2.14. The topological polar surface area (TPSA) is 18.5 Å². The van der Waals surface area contributed by atoms with Crippen molar-refractivity contribution in [2.24, 2.45) is 0 Å². The van der Waals surface area contributed by atoms with E-state index in [1.807, 2.05) is 0 Å². The number of rotatable bonds is 3. The molecule has 1 aromatic rings. The molecule has 1 saturated heterocycles. The molecule has 2 rings (SSSR count). The molecule has 2 unspecified atom stereocenters. The average Bonchev–Trinajstić information content (AvgIpc) is 2.75.